The number of carbonyl (C=O) groups excluding carboxylic acids is 1. The number of nitrogens with one attached hydrogen (secondary N) is 1. The van der Waals surface area contributed by atoms with Crippen LogP contribution in [0.1, 0.15) is 28.5 Å². The van der Waals surface area contributed by atoms with E-state index in [0.717, 1.165) is 50.4 Å². The summed E-state index contributed by atoms with van der Waals surface area (Å²) in [4.78, 5) is 16.1. The molecular formula is C26H23NO5. The molecule has 0 bridgehead atoms. The molecule has 0 saturated carbocycles. The van der Waals surface area contributed by atoms with Gasteiger partial charge in [0.1, 0.15) is 11.4 Å². The Morgan fingerprint density at radius 1 is 1.03 bits per heavy atom. The molecule has 1 aromatic heterocycles. The van der Waals surface area contributed by atoms with Gasteiger partial charge in [-0.2, -0.15) is 0 Å². The molecule has 0 fully saturated rings. The number of methoxy groups -OCH3 is 1. The van der Waals surface area contributed by atoms with Gasteiger partial charge in [-0.3, -0.25) is 0 Å². The van der Waals surface area contributed by atoms with Crippen LogP contribution < -0.4 is 14.2 Å². The van der Waals surface area contributed by atoms with E-state index in [2.05, 4.69) is 11.1 Å². The highest BCUT2D eigenvalue weighted by Gasteiger charge is 2.23. The van der Waals surface area contributed by atoms with Crippen LogP contribution in [0.4, 0.5) is 0 Å². The second-order valence-corrected chi connectivity index (χ2v) is 7.53. The zero-order valence-electron chi connectivity index (χ0n) is 17.9. The number of carbonyl (C=O) groups is 1. The van der Waals surface area contributed by atoms with Gasteiger partial charge in [0.2, 0.25) is 6.79 Å². The first-order chi connectivity index (χ1) is 15.7. The standard InChI is InChI=1S/C26H23NO5/c1-3-30-26(28)25-24(17-8-10-19(29-2)11-9-17)23-18(5-4-6-20(23)27-25)13-16-7-12-21-22(14-16)32-15-31-21/h4-12,14,27H,3,13,15H2,1-2H3. The SMILES string of the molecule is CCOC(=O)c1[nH]c2cccc(Cc3ccc4c(c3)OCO4)c2c1-c1ccc(OC)cc1. The van der Waals surface area contributed by atoms with Crippen molar-refractivity contribution in [3.05, 3.63) is 77.5 Å². The van der Waals surface area contributed by atoms with E-state index in [-0.39, 0.29) is 12.8 Å². The Morgan fingerprint density at radius 2 is 1.84 bits per heavy atom. The number of benzene rings is 3. The largest absolute Gasteiger partial charge is 0.497 e. The maximum Gasteiger partial charge on any atom is 0.355 e. The van der Waals surface area contributed by atoms with E-state index in [1.54, 1.807) is 14.0 Å². The molecule has 2 heterocycles. The predicted octanol–water partition coefficient (Wildman–Crippen LogP) is 5.34. The smallest absolute Gasteiger partial charge is 0.355 e. The van der Waals surface area contributed by atoms with E-state index in [4.69, 9.17) is 18.9 Å². The number of fused-ring (bicyclic) bond motifs is 2. The molecule has 0 aliphatic carbocycles. The van der Waals surface area contributed by atoms with Crippen LogP contribution in [0, 0.1) is 0 Å². The quantitative estimate of drug-likeness (QED) is 0.419. The Kier molecular flexibility index (Phi) is 5.19. The number of hydrogen-bond acceptors (Lipinski definition) is 5. The summed E-state index contributed by atoms with van der Waals surface area (Å²) in [6.45, 7) is 2.36. The van der Waals surface area contributed by atoms with E-state index in [1.165, 1.54) is 0 Å². The monoisotopic (exact) mass is 429 g/mol. The van der Waals surface area contributed by atoms with Crippen molar-refractivity contribution in [1.82, 2.24) is 4.98 Å². The van der Waals surface area contributed by atoms with Crippen LogP contribution in [-0.4, -0.2) is 31.5 Å². The van der Waals surface area contributed by atoms with Gasteiger partial charge in [-0.25, -0.2) is 4.79 Å². The maximum absolute atomic E-state index is 12.8. The van der Waals surface area contributed by atoms with Crippen molar-refractivity contribution in [3.63, 3.8) is 0 Å². The van der Waals surface area contributed by atoms with Gasteiger partial charge in [0, 0.05) is 16.5 Å². The lowest BCUT2D eigenvalue weighted by molar-refractivity contribution is 0.0521. The summed E-state index contributed by atoms with van der Waals surface area (Å²) in [5, 5.41) is 0.999. The first-order valence-electron chi connectivity index (χ1n) is 10.5. The Morgan fingerprint density at radius 3 is 2.62 bits per heavy atom. The minimum atomic E-state index is -0.372. The third kappa shape index (κ3) is 3.54. The summed E-state index contributed by atoms with van der Waals surface area (Å²) in [7, 11) is 1.63. The fourth-order valence-corrected chi connectivity index (χ4v) is 4.14. The summed E-state index contributed by atoms with van der Waals surface area (Å²) < 4.78 is 21.6. The average molecular weight is 429 g/mol. The topological polar surface area (TPSA) is 69.8 Å². The first-order valence-corrected chi connectivity index (χ1v) is 10.5. The Balaban J connectivity index is 1.66. The molecule has 1 aliphatic heterocycles. The highest BCUT2D eigenvalue weighted by atomic mass is 16.7. The fourth-order valence-electron chi connectivity index (χ4n) is 4.14. The van der Waals surface area contributed by atoms with Gasteiger partial charge in [-0.1, -0.05) is 30.3 Å². The molecule has 32 heavy (non-hydrogen) atoms. The molecule has 0 atom stereocenters. The van der Waals surface area contributed by atoms with Crippen LogP contribution in [0.2, 0.25) is 0 Å². The van der Waals surface area contributed by atoms with Gasteiger partial charge in [0.25, 0.3) is 0 Å². The van der Waals surface area contributed by atoms with E-state index in [9.17, 15) is 4.79 Å². The number of ether oxygens (including phenoxy) is 4. The second-order valence-electron chi connectivity index (χ2n) is 7.53. The van der Waals surface area contributed by atoms with E-state index < -0.39 is 0 Å². The second kappa shape index (κ2) is 8.30. The zero-order valence-corrected chi connectivity index (χ0v) is 17.9. The molecule has 3 aromatic carbocycles. The summed E-state index contributed by atoms with van der Waals surface area (Å²) >= 11 is 0. The third-order valence-corrected chi connectivity index (χ3v) is 5.60. The van der Waals surface area contributed by atoms with Gasteiger partial charge in [-0.05, 0) is 60.4 Å². The third-order valence-electron chi connectivity index (χ3n) is 5.60. The molecule has 0 spiro atoms. The minimum Gasteiger partial charge on any atom is -0.497 e. The van der Waals surface area contributed by atoms with Crippen molar-refractivity contribution in [2.24, 2.45) is 0 Å². The number of hydrogen-bond donors (Lipinski definition) is 1. The number of esters is 1. The molecule has 162 valence electrons. The van der Waals surface area contributed by atoms with E-state index >= 15 is 0 Å². The summed E-state index contributed by atoms with van der Waals surface area (Å²) in [5.41, 5.74) is 5.28. The average Bonchev–Trinajstić information content (AvgIpc) is 3.44. The molecule has 0 unspecified atom stereocenters. The van der Waals surface area contributed by atoms with Crippen LogP contribution in [0.25, 0.3) is 22.0 Å². The predicted molar refractivity (Wildman–Crippen MR) is 122 cm³/mol. The lowest BCUT2D eigenvalue weighted by Gasteiger charge is -2.10. The zero-order chi connectivity index (χ0) is 22.1. The molecule has 1 aliphatic rings. The van der Waals surface area contributed by atoms with Gasteiger partial charge in [-0.15, -0.1) is 0 Å². The van der Waals surface area contributed by atoms with Crippen LogP contribution >= 0.6 is 0 Å². The number of aromatic nitrogens is 1. The number of aromatic amines is 1. The minimum absolute atomic E-state index is 0.247. The van der Waals surface area contributed by atoms with Crippen molar-refractivity contribution in [2.45, 2.75) is 13.3 Å². The molecule has 0 amide bonds. The molecule has 6 heteroatoms. The van der Waals surface area contributed by atoms with Crippen molar-refractivity contribution in [2.75, 3.05) is 20.5 Å². The molecule has 6 nitrogen and oxygen atoms in total. The lowest BCUT2D eigenvalue weighted by atomic mass is 9.94. The normalized spacial score (nSPS) is 12.2. The summed E-state index contributed by atoms with van der Waals surface area (Å²) in [6, 6.07) is 19.7. The van der Waals surface area contributed by atoms with Crippen LogP contribution in [0.5, 0.6) is 17.2 Å². The van der Waals surface area contributed by atoms with E-state index in [0.29, 0.717) is 18.7 Å². The molecule has 5 rings (SSSR count). The highest BCUT2D eigenvalue weighted by molar-refractivity contribution is 6.09. The molecule has 4 aromatic rings. The Hall–Kier alpha value is -3.93. The van der Waals surface area contributed by atoms with E-state index in [1.807, 2.05) is 54.6 Å². The molecule has 0 saturated heterocycles. The Labute approximate surface area is 185 Å². The number of rotatable bonds is 6. The van der Waals surface area contributed by atoms with Gasteiger partial charge in [0.15, 0.2) is 11.5 Å². The molecule has 0 radical (unpaired) electrons. The lowest BCUT2D eigenvalue weighted by Crippen LogP contribution is -2.06. The maximum atomic E-state index is 12.8. The van der Waals surface area contributed by atoms with Crippen molar-refractivity contribution >= 4 is 16.9 Å². The van der Waals surface area contributed by atoms with Crippen molar-refractivity contribution < 1.29 is 23.7 Å². The van der Waals surface area contributed by atoms with Crippen LogP contribution in [0.3, 0.4) is 0 Å². The molecule has 1 N–H and O–H groups in total. The first kappa shape index (κ1) is 20.0. The van der Waals surface area contributed by atoms with Gasteiger partial charge < -0.3 is 23.9 Å². The van der Waals surface area contributed by atoms with Gasteiger partial charge in [0.05, 0.1) is 13.7 Å². The van der Waals surface area contributed by atoms with Crippen molar-refractivity contribution in [1.29, 1.82) is 0 Å². The summed E-state index contributed by atoms with van der Waals surface area (Å²) in [6.07, 6.45) is 0.678. The fraction of sp³-hybridized carbons (Fsp3) is 0.192. The summed E-state index contributed by atoms with van der Waals surface area (Å²) in [5.74, 6) is 1.90. The molecular weight excluding hydrogens is 406 g/mol. The Bertz CT molecular complexity index is 1290. The van der Waals surface area contributed by atoms with Gasteiger partial charge >= 0.3 is 5.97 Å². The van der Waals surface area contributed by atoms with Crippen LogP contribution in [-0.2, 0) is 11.2 Å². The highest BCUT2D eigenvalue weighted by Crippen LogP contribution is 2.38. The number of H-pyrrole nitrogens is 1. The van der Waals surface area contributed by atoms with Crippen molar-refractivity contribution in [3.8, 4) is 28.4 Å². The van der Waals surface area contributed by atoms with Crippen LogP contribution in [0.15, 0.2) is 60.7 Å².